The van der Waals surface area contributed by atoms with Crippen LogP contribution in [0.5, 0.6) is 0 Å². The van der Waals surface area contributed by atoms with Crippen LogP contribution in [0.15, 0.2) is 60.7 Å². The van der Waals surface area contributed by atoms with Gasteiger partial charge >= 0.3 is 0 Å². The zero-order valence-corrected chi connectivity index (χ0v) is 18.5. The molecule has 0 aromatic heterocycles. The van der Waals surface area contributed by atoms with E-state index in [-0.39, 0.29) is 24.4 Å². The van der Waals surface area contributed by atoms with Gasteiger partial charge in [0.2, 0.25) is 11.8 Å². The average molecular weight is 423 g/mol. The highest BCUT2D eigenvalue weighted by Crippen LogP contribution is 2.27. The van der Waals surface area contributed by atoms with Crippen LogP contribution in [0, 0.1) is 5.92 Å². The maximum absolute atomic E-state index is 12.9. The van der Waals surface area contributed by atoms with Crippen molar-refractivity contribution in [2.24, 2.45) is 11.7 Å². The average Bonchev–Trinajstić information content (AvgIpc) is 2.76. The number of carbonyl (C=O) groups excluding carboxylic acids is 2. The number of nitrogens with two attached hydrogens (primary N) is 1. The minimum absolute atomic E-state index is 0.0717. The molecule has 0 bridgehead atoms. The standard InChI is InChI=1S/C25H34N4O2/c1-18(15-21-13-14-27-21)16-22(26)25(31)28-17-23(30)29(2)24(19-9-5-3-6-10-19)20-11-7-4-8-12-20/h3-12,18,21-22,24,27H,13-17,26H2,1-2H3,(H,28,31)/t18?,21?,22-/m0/s1. The van der Waals surface area contributed by atoms with Gasteiger partial charge in [-0.2, -0.15) is 0 Å². The molecule has 1 aliphatic rings. The van der Waals surface area contributed by atoms with Crippen molar-refractivity contribution in [1.29, 1.82) is 0 Å². The Morgan fingerprint density at radius 3 is 2.13 bits per heavy atom. The van der Waals surface area contributed by atoms with E-state index in [2.05, 4.69) is 17.6 Å². The fourth-order valence-corrected chi connectivity index (χ4v) is 4.14. The summed E-state index contributed by atoms with van der Waals surface area (Å²) < 4.78 is 0. The fraction of sp³-hybridized carbons (Fsp3) is 0.440. The predicted molar refractivity (Wildman–Crippen MR) is 123 cm³/mol. The molecule has 3 atom stereocenters. The van der Waals surface area contributed by atoms with Gasteiger partial charge in [0, 0.05) is 13.1 Å². The van der Waals surface area contributed by atoms with Crippen LogP contribution >= 0.6 is 0 Å². The highest BCUT2D eigenvalue weighted by atomic mass is 16.2. The van der Waals surface area contributed by atoms with E-state index in [9.17, 15) is 9.59 Å². The van der Waals surface area contributed by atoms with E-state index in [1.807, 2.05) is 60.7 Å². The molecule has 0 saturated carbocycles. The number of hydrogen-bond acceptors (Lipinski definition) is 4. The molecule has 2 unspecified atom stereocenters. The van der Waals surface area contributed by atoms with Crippen LogP contribution < -0.4 is 16.4 Å². The summed E-state index contributed by atoms with van der Waals surface area (Å²) in [4.78, 5) is 27.1. The van der Waals surface area contributed by atoms with Gasteiger partial charge in [-0.25, -0.2) is 0 Å². The van der Waals surface area contributed by atoms with Crippen molar-refractivity contribution >= 4 is 11.8 Å². The maximum Gasteiger partial charge on any atom is 0.242 e. The first kappa shape index (κ1) is 23.0. The second-order valence-corrected chi connectivity index (χ2v) is 8.57. The summed E-state index contributed by atoms with van der Waals surface area (Å²) in [6.45, 7) is 3.13. The van der Waals surface area contributed by atoms with Crippen molar-refractivity contribution in [2.75, 3.05) is 20.1 Å². The topological polar surface area (TPSA) is 87.5 Å². The van der Waals surface area contributed by atoms with Crippen LogP contribution in [0.4, 0.5) is 0 Å². The number of likely N-dealkylation sites (N-methyl/N-ethyl adjacent to an activating group) is 1. The van der Waals surface area contributed by atoms with Gasteiger partial charge in [0.1, 0.15) is 0 Å². The van der Waals surface area contributed by atoms with Crippen molar-refractivity contribution in [2.45, 2.75) is 44.3 Å². The molecule has 0 radical (unpaired) electrons. The van der Waals surface area contributed by atoms with Crippen LogP contribution in [0.2, 0.25) is 0 Å². The van der Waals surface area contributed by atoms with Gasteiger partial charge in [-0.15, -0.1) is 0 Å². The fourth-order valence-electron chi connectivity index (χ4n) is 4.14. The van der Waals surface area contributed by atoms with E-state index in [1.165, 1.54) is 6.42 Å². The first-order valence-corrected chi connectivity index (χ1v) is 11.1. The summed E-state index contributed by atoms with van der Waals surface area (Å²) in [5, 5.41) is 6.11. The van der Waals surface area contributed by atoms with Gasteiger partial charge in [-0.3, -0.25) is 9.59 Å². The summed E-state index contributed by atoms with van der Waals surface area (Å²) in [6.07, 6.45) is 2.83. The zero-order chi connectivity index (χ0) is 22.2. The molecule has 166 valence electrons. The number of benzene rings is 2. The molecule has 6 nitrogen and oxygen atoms in total. The molecule has 1 heterocycles. The Morgan fingerprint density at radius 2 is 1.65 bits per heavy atom. The Balaban J connectivity index is 1.57. The summed E-state index contributed by atoms with van der Waals surface area (Å²) in [6, 6.07) is 19.5. The largest absolute Gasteiger partial charge is 0.346 e. The molecular weight excluding hydrogens is 388 g/mol. The van der Waals surface area contributed by atoms with Crippen molar-refractivity contribution in [1.82, 2.24) is 15.5 Å². The number of hydrogen-bond donors (Lipinski definition) is 3. The molecule has 4 N–H and O–H groups in total. The quantitative estimate of drug-likeness (QED) is 0.549. The van der Waals surface area contributed by atoms with Gasteiger partial charge in [0.15, 0.2) is 0 Å². The third kappa shape index (κ3) is 6.39. The third-order valence-electron chi connectivity index (χ3n) is 6.03. The number of nitrogens with zero attached hydrogens (tertiary/aromatic N) is 1. The lowest BCUT2D eigenvalue weighted by atomic mass is 9.90. The lowest BCUT2D eigenvalue weighted by Crippen LogP contribution is -2.47. The zero-order valence-electron chi connectivity index (χ0n) is 18.5. The second-order valence-electron chi connectivity index (χ2n) is 8.57. The molecule has 3 rings (SSSR count). The highest BCUT2D eigenvalue weighted by molar-refractivity contribution is 5.87. The van der Waals surface area contributed by atoms with Crippen molar-refractivity contribution < 1.29 is 9.59 Å². The molecule has 1 aliphatic heterocycles. The maximum atomic E-state index is 12.9. The summed E-state index contributed by atoms with van der Waals surface area (Å²) in [5.74, 6) is -0.0754. The molecule has 1 saturated heterocycles. The molecule has 0 spiro atoms. The van der Waals surface area contributed by atoms with E-state index in [1.54, 1.807) is 11.9 Å². The number of carbonyl (C=O) groups is 2. The van der Waals surface area contributed by atoms with Crippen LogP contribution in [0.1, 0.15) is 43.4 Å². The minimum atomic E-state index is -0.604. The Labute approximate surface area is 185 Å². The van der Waals surface area contributed by atoms with E-state index in [4.69, 9.17) is 5.73 Å². The normalized spacial score (nSPS) is 17.5. The second kappa shape index (κ2) is 11.1. The molecule has 0 aliphatic carbocycles. The molecular formula is C25H34N4O2. The first-order valence-electron chi connectivity index (χ1n) is 11.1. The lowest BCUT2D eigenvalue weighted by Gasteiger charge is -2.31. The van der Waals surface area contributed by atoms with Gasteiger partial charge in [-0.1, -0.05) is 67.6 Å². The van der Waals surface area contributed by atoms with Crippen molar-refractivity contribution in [3.8, 4) is 0 Å². The molecule has 2 amide bonds. The molecule has 1 fully saturated rings. The van der Waals surface area contributed by atoms with Crippen LogP contribution in [-0.2, 0) is 9.59 Å². The highest BCUT2D eigenvalue weighted by Gasteiger charge is 2.25. The summed E-state index contributed by atoms with van der Waals surface area (Å²) in [5.41, 5.74) is 8.14. The van der Waals surface area contributed by atoms with Crippen LogP contribution in [0.3, 0.4) is 0 Å². The summed E-state index contributed by atoms with van der Waals surface area (Å²) in [7, 11) is 1.77. The number of amides is 2. The van der Waals surface area contributed by atoms with E-state index < -0.39 is 6.04 Å². The van der Waals surface area contributed by atoms with Crippen molar-refractivity contribution in [3.05, 3.63) is 71.8 Å². The van der Waals surface area contributed by atoms with Gasteiger partial charge < -0.3 is 21.3 Å². The van der Waals surface area contributed by atoms with Crippen LogP contribution in [-0.4, -0.2) is 48.9 Å². The minimum Gasteiger partial charge on any atom is -0.346 e. The first-order chi connectivity index (χ1) is 15.0. The molecule has 6 heteroatoms. The number of rotatable bonds is 10. The number of nitrogens with one attached hydrogen (secondary N) is 2. The molecule has 2 aromatic carbocycles. The Bertz CT molecular complexity index is 800. The van der Waals surface area contributed by atoms with Gasteiger partial charge in [0.05, 0.1) is 18.6 Å². The Morgan fingerprint density at radius 1 is 1.10 bits per heavy atom. The van der Waals surface area contributed by atoms with E-state index in [0.29, 0.717) is 18.4 Å². The monoisotopic (exact) mass is 422 g/mol. The lowest BCUT2D eigenvalue weighted by molar-refractivity contribution is -0.133. The van der Waals surface area contributed by atoms with Crippen LogP contribution in [0.25, 0.3) is 0 Å². The summed E-state index contributed by atoms with van der Waals surface area (Å²) >= 11 is 0. The van der Waals surface area contributed by atoms with Crippen molar-refractivity contribution in [3.63, 3.8) is 0 Å². The van der Waals surface area contributed by atoms with E-state index >= 15 is 0 Å². The predicted octanol–water partition coefficient (Wildman–Crippen LogP) is 2.46. The SMILES string of the molecule is CC(CC1CCN1)C[C@H](N)C(=O)NCC(=O)N(C)C(c1ccccc1)c1ccccc1. The molecule has 31 heavy (non-hydrogen) atoms. The molecule has 2 aromatic rings. The Kier molecular flexibility index (Phi) is 8.20. The van der Waals surface area contributed by atoms with Gasteiger partial charge in [0.25, 0.3) is 0 Å². The van der Waals surface area contributed by atoms with E-state index in [0.717, 1.165) is 24.1 Å². The smallest absolute Gasteiger partial charge is 0.242 e. The van der Waals surface area contributed by atoms with Gasteiger partial charge in [-0.05, 0) is 42.9 Å². The Hall–Kier alpha value is -2.70. The third-order valence-corrected chi connectivity index (χ3v) is 6.03.